The number of aryl methyl sites for hydroxylation is 1. The lowest BCUT2D eigenvalue weighted by atomic mass is 10.2. The molecule has 0 unspecified atom stereocenters. The molecule has 1 aromatic rings. The fraction of sp³-hybridized carbons (Fsp3) is 0.667. The molecular weight excluding hydrogens is 295 g/mol. The van der Waals surface area contributed by atoms with Crippen LogP contribution in [0, 0.1) is 0 Å². The van der Waals surface area contributed by atoms with Crippen LogP contribution in [0.5, 0.6) is 0 Å². The van der Waals surface area contributed by atoms with E-state index in [0.29, 0.717) is 6.54 Å². The van der Waals surface area contributed by atoms with Crippen LogP contribution < -0.4 is 10.9 Å². The van der Waals surface area contributed by atoms with Gasteiger partial charge in [0.05, 0.1) is 11.9 Å². The van der Waals surface area contributed by atoms with Gasteiger partial charge in [-0.1, -0.05) is 24.9 Å². The van der Waals surface area contributed by atoms with E-state index in [-0.39, 0.29) is 23.6 Å². The van der Waals surface area contributed by atoms with Crippen molar-refractivity contribution in [2.75, 3.05) is 5.32 Å². The summed E-state index contributed by atoms with van der Waals surface area (Å²) in [5.74, 6) is 0. The van der Waals surface area contributed by atoms with E-state index < -0.39 is 17.3 Å². The fourth-order valence-electron chi connectivity index (χ4n) is 1.88. The van der Waals surface area contributed by atoms with E-state index in [1.54, 1.807) is 0 Å². The summed E-state index contributed by atoms with van der Waals surface area (Å²) in [6, 6.07) is 0. The lowest BCUT2D eigenvalue weighted by molar-refractivity contribution is -0.151. The number of anilines is 1. The number of hydrogen-bond acceptors (Lipinski definition) is 3. The second kappa shape index (κ2) is 5.27. The minimum Gasteiger partial charge on any atom is -0.369 e. The molecule has 1 heterocycles. The van der Waals surface area contributed by atoms with Crippen molar-refractivity contribution >= 4 is 17.3 Å². The zero-order valence-corrected chi connectivity index (χ0v) is 11.7. The van der Waals surface area contributed by atoms with Crippen LogP contribution in [0.15, 0.2) is 11.0 Å². The average Bonchev–Trinajstić information content (AvgIpc) is 3.15. The number of hydrogen-bond donors (Lipinski definition) is 1. The van der Waals surface area contributed by atoms with Gasteiger partial charge in [0.2, 0.25) is 0 Å². The topological polar surface area (TPSA) is 46.9 Å². The molecule has 20 heavy (non-hydrogen) atoms. The zero-order chi connectivity index (χ0) is 15.0. The number of aromatic nitrogens is 2. The lowest BCUT2D eigenvalue weighted by Gasteiger charge is -2.22. The first-order valence-corrected chi connectivity index (χ1v) is 6.79. The maximum Gasteiger partial charge on any atom is 0.411 e. The Labute approximate surface area is 118 Å². The molecule has 0 spiro atoms. The third-order valence-corrected chi connectivity index (χ3v) is 3.74. The first kappa shape index (κ1) is 15.2. The highest BCUT2D eigenvalue weighted by Crippen LogP contribution is 2.51. The lowest BCUT2D eigenvalue weighted by Crippen LogP contribution is -2.39. The number of alkyl halides is 3. The molecule has 8 heteroatoms. The second-order valence-corrected chi connectivity index (χ2v) is 5.34. The van der Waals surface area contributed by atoms with E-state index in [2.05, 4.69) is 10.4 Å². The predicted octanol–water partition coefficient (Wildman–Crippen LogP) is 3.20. The second-order valence-electron chi connectivity index (χ2n) is 4.96. The van der Waals surface area contributed by atoms with Crippen LogP contribution in [0.1, 0.15) is 32.6 Å². The maximum atomic E-state index is 12.9. The number of halogens is 4. The van der Waals surface area contributed by atoms with Crippen LogP contribution in [0.25, 0.3) is 0 Å². The number of rotatable bonds is 5. The first-order chi connectivity index (χ1) is 9.31. The summed E-state index contributed by atoms with van der Waals surface area (Å²) >= 11 is 5.86. The molecule has 1 aliphatic rings. The van der Waals surface area contributed by atoms with Gasteiger partial charge in [-0.05, 0) is 19.3 Å². The van der Waals surface area contributed by atoms with Crippen LogP contribution in [0.3, 0.4) is 0 Å². The highest BCUT2D eigenvalue weighted by Gasteiger charge is 2.63. The van der Waals surface area contributed by atoms with Gasteiger partial charge in [-0.15, -0.1) is 0 Å². The van der Waals surface area contributed by atoms with Gasteiger partial charge in [0.1, 0.15) is 10.6 Å². The Morgan fingerprint density at radius 3 is 2.65 bits per heavy atom. The van der Waals surface area contributed by atoms with Crippen LogP contribution in [0.2, 0.25) is 5.02 Å². The highest BCUT2D eigenvalue weighted by molar-refractivity contribution is 6.33. The van der Waals surface area contributed by atoms with E-state index in [1.165, 1.54) is 10.9 Å². The predicted molar refractivity (Wildman–Crippen MR) is 70.1 cm³/mol. The Kier molecular flexibility index (Phi) is 4.00. The fourth-order valence-corrected chi connectivity index (χ4v) is 2.08. The molecular formula is C12H15ClF3N3O. The molecule has 1 aromatic heterocycles. The molecule has 0 amide bonds. The smallest absolute Gasteiger partial charge is 0.369 e. The molecule has 0 aromatic carbocycles. The van der Waals surface area contributed by atoms with Crippen molar-refractivity contribution in [1.82, 2.24) is 9.78 Å². The van der Waals surface area contributed by atoms with Gasteiger partial charge in [0.15, 0.2) is 0 Å². The van der Waals surface area contributed by atoms with Gasteiger partial charge in [0, 0.05) is 6.54 Å². The third-order valence-electron chi connectivity index (χ3n) is 3.37. The van der Waals surface area contributed by atoms with Crippen LogP contribution in [0.4, 0.5) is 18.9 Å². The summed E-state index contributed by atoms with van der Waals surface area (Å²) in [7, 11) is 0. The van der Waals surface area contributed by atoms with Crippen LogP contribution in [-0.2, 0) is 6.54 Å². The SMILES string of the molecule is CCCCn1ncc(NC2(C(F)(F)F)CC2)c(Cl)c1=O. The van der Waals surface area contributed by atoms with Crippen molar-refractivity contribution in [3.05, 3.63) is 21.6 Å². The molecule has 1 saturated carbocycles. The molecule has 0 radical (unpaired) electrons. The Morgan fingerprint density at radius 1 is 1.50 bits per heavy atom. The quantitative estimate of drug-likeness (QED) is 0.908. The molecule has 1 N–H and O–H groups in total. The summed E-state index contributed by atoms with van der Waals surface area (Å²) in [5.41, 5.74) is -2.58. The van der Waals surface area contributed by atoms with E-state index in [0.717, 1.165) is 12.8 Å². The van der Waals surface area contributed by atoms with Crippen molar-refractivity contribution in [3.63, 3.8) is 0 Å². The van der Waals surface area contributed by atoms with Gasteiger partial charge in [0.25, 0.3) is 5.56 Å². The Balaban J connectivity index is 2.23. The van der Waals surface area contributed by atoms with Crippen molar-refractivity contribution in [2.45, 2.75) is 50.9 Å². The van der Waals surface area contributed by atoms with Crippen molar-refractivity contribution in [3.8, 4) is 0 Å². The molecule has 0 bridgehead atoms. The van der Waals surface area contributed by atoms with E-state index >= 15 is 0 Å². The monoisotopic (exact) mass is 309 g/mol. The van der Waals surface area contributed by atoms with Gasteiger partial charge in [-0.2, -0.15) is 18.3 Å². The largest absolute Gasteiger partial charge is 0.411 e. The Hall–Kier alpha value is -1.24. The zero-order valence-electron chi connectivity index (χ0n) is 10.9. The van der Waals surface area contributed by atoms with Crippen molar-refractivity contribution in [2.24, 2.45) is 0 Å². The number of nitrogens with zero attached hydrogens (tertiary/aromatic N) is 2. The van der Waals surface area contributed by atoms with Gasteiger partial charge < -0.3 is 5.32 Å². The Bertz CT molecular complexity index is 552. The molecule has 112 valence electrons. The summed E-state index contributed by atoms with van der Waals surface area (Å²) in [6.07, 6.45) is -1.60. The molecule has 2 rings (SSSR count). The maximum absolute atomic E-state index is 12.9. The van der Waals surface area contributed by atoms with Crippen LogP contribution >= 0.6 is 11.6 Å². The van der Waals surface area contributed by atoms with Gasteiger partial charge in [-0.3, -0.25) is 4.79 Å². The highest BCUT2D eigenvalue weighted by atomic mass is 35.5. The summed E-state index contributed by atoms with van der Waals surface area (Å²) in [4.78, 5) is 11.9. The molecule has 0 saturated heterocycles. The van der Waals surface area contributed by atoms with Gasteiger partial charge >= 0.3 is 6.18 Å². The van der Waals surface area contributed by atoms with E-state index in [4.69, 9.17) is 11.6 Å². The molecule has 0 atom stereocenters. The number of nitrogens with one attached hydrogen (secondary N) is 1. The van der Waals surface area contributed by atoms with Crippen molar-refractivity contribution in [1.29, 1.82) is 0 Å². The average molecular weight is 310 g/mol. The minimum atomic E-state index is -4.37. The third kappa shape index (κ3) is 2.77. The molecule has 1 fully saturated rings. The van der Waals surface area contributed by atoms with Crippen molar-refractivity contribution < 1.29 is 13.2 Å². The molecule has 4 nitrogen and oxygen atoms in total. The molecule has 1 aliphatic carbocycles. The summed E-state index contributed by atoms with van der Waals surface area (Å²) in [5, 5.41) is 5.95. The first-order valence-electron chi connectivity index (χ1n) is 6.41. The normalized spacial score (nSPS) is 17.1. The molecule has 0 aliphatic heterocycles. The van der Waals surface area contributed by atoms with Gasteiger partial charge in [-0.25, -0.2) is 4.68 Å². The van der Waals surface area contributed by atoms with Crippen LogP contribution in [-0.4, -0.2) is 21.5 Å². The standard InChI is InChI=1S/C12H15ClF3N3O/c1-2-3-6-19-10(20)9(13)8(7-17-19)18-11(4-5-11)12(14,15)16/h7,18H,2-6H2,1H3. The minimum absolute atomic E-state index is 0.0221. The number of unbranched alkanes of at least 4 members (excludes halogenated alkanes) is 1. The Morgan fingerprint density at radius 2 is 2.15 bits per heavy atom. The summed E-state index contributed by atoms with van der Waals surface area (Å²) in [6.45, 7) is 2.36. The van der Waals surface area contributed by atoms with E-state index in [1.807, 2.05) is 6.92 Å². The van der Waals surface area contributed by atoms with E-state index in [9.17, 15) is 18.0 Å². The summed E-state index contributed by atoms with van der Waals surface area (Å²) < 4.78 is 39.7.